The molecule has 0 saturated heterocycles. The van der Waals surface area contributed by atoms with Crippen molar-refractivity contribution in [1.29, 1.82) is 0 Å². The molecule has 2 N–H and O–H groups in total. The molecule has 15 heavy (non-hydrogen) atoms. The first-order chi connectivity index (χ1) is 7.36. The van der Waals surface area contributed by atoms with Crippen LogP contribution in [0.5, 0.6) is 0 Å². The Hall–Kier alpha value is -1.75. The number of H-pyrrole nitrogens is 1. The SMILES string of the molecule is OCC1C/C1=C\c1ncc2nc[nH]c2n1. The number of aromatic amines is 1. The number of nitrogens with one attached hydrogen (secondary N) is 1. The molecule has 1 atom stereocenters. The zero-order valence-corrected chi connectivity index (χ0v) is 8.01. The number of aliphatic hydroxyl groups excluding tert-OH is 1. The van der Waals surface area contributed by atoms with Crippen molar-refractivity contribution >= 4 is 17.2 Å². The smallest absolute Gasteiger partial charge is 0.161 e. The minimum Gasteiger partial charge on any atom is -0.396 e. The lowest BCUT2D eigenvalue weighted by Crippen LogP contribution is -1.88. The normalized spacial score (nSPS) is 22.5. The molecule has 2 heterocycles. The summed E-state index contributed by atoms with van der Waals surface area (Å²) in [7, 11) is 0. The fourth-order valence-corrected chi connectivity index (χ4v) is 1.57. The first-order valence-electron chi connectivity index (χ1n) is 4.84. The Balaban J connectivity index is 1.95. The van der Waals surface area contributed by atoms with Crippen LogP contribution in [-0.4, -0.2) is 31.6 Å². The molecular formula is C10H10N4O. The summed E-state index contributed by atoms with van der Waals surface area (Å²) in [5.74, 6) is 1.00. The Morgan fingerprint density at radius 3 is 3.27 bits per heavy atom. The monoisotopic (exact) mass is 202 g/mol. The number of fused-ring (bicyclic) bond motifs is 1. The summed E-state index contributed by atoms with van der Waals surface area (Å²) >= 11 is 0. The van der Waals surface area contributed by atoms with Gasteiger partial charge in [-0.1, -0.05) is 5.57 Å². The Kier molecular flexibility index (Phi) is 1.78. The van der Waals surface area contributed by atoms with Gasteiger partial charge in [-0.25, -0.2) is 15.0 Å². The second kappa shape index (κ2) is 3.13. The molecule has 1 unspecified atom stereocenters. The zero-order valence-electron chi connectivity index (χ0n) is 8.01. The fourth-order valence-electron chi connectivity index (χ4n) is 1.57. The van der Waals surface area contributed by atoms with Gasteiger partial charge in [-0.2, -0.15) is 0 Å². The Bertz CT molecular complexity index is 531. The molecule has 3 rings (SSSR count). The Morgan fingerprint density at radius 2 is 2.47 bits per heavy atom. The van der Waals surface area contributed by atoms with E-state index in [2.05, 4.69) is 19.9 Å². The summed E-state index contributed by atoms with van der Waals surface area (Å²) in [5, 5.41) is 8.90. The van der Waals surface area contributed by atoms with Gasteiger partial charge in [-0.15, -0.1) is 0 Å². The zero-order chi connectivity index (χ0) is 10.3. The van der Waals surface area contributed by atoms with Crippen molar-refractivity contribution in [3.8, 4) is 0 Å². The maximum absolute atomic E-state index is 8.90. The van der Waals surface area contributed by atoms with Crippen molar-refractivity contribution in [2.24, 2.45) is 5.92 Å². The molecule has 1 aliphatic carbocycles. The first-order valence-corrected chi connectivity index (χ1v) is 4.84. The van der Waals surface area contributed by atoms with Gasteiger partial charge in [0.25, 0.3) is 0 Å². The molecule has 5 heteroatoms. The summed E-state index contributed by atoms with van der Waals surface area (Å²) < 4.78 is 0. The van der Waals surface area contributed by atoms with E-state index in [1.165, 1.54) is 5.57 Å². The van der Waals surface area contributed by atoms with Crippen molar-refractivity contribution in [3.63, 3.8) is 0 Å². The van der Waals surface area contributed by atoms with Gasteiger partial charge < -0.3 is 10.1 Å². The molecular weight excluding hydrogens is 192 g/mol. The van der Waals surface area contributed by atoms with E-state index in [4.69, 9.17) is 5.11 Å². The Morgan fingerprint density at radius 1 is 1.53 bits per heavy atom. The van der Waals surface area contributed by atoms with E-state index in [0.29, 0.717) is 11.7 Å². The van der Waals surface area contributed by atoms with Gasteiger partial charge >= 0.3 is 0 Å². The van der Waals surface area contributed by atoms with Crippen LogP contribution in [0.1, 0.15) is 12.2 Å². The minimum atomic E-state index is 0.220. The van der Waals surface area contributed by atoms with Crippen LogP contribution in [0.2, 0.25) is 0 Å². The van der Waals surface area contributed by atoms with Gasteiger partial charge in [-0.05, 0) is 12.5 Å². The second-order valence-electron chi connectivity index (χ2n) is 3.67. The third-order valence-electron chi connectivity index (χ3n) is 2.57. The molecule has 0 radical (unpaired) electrons. The maximum atomic E-state index is 8.90. The standard InChI is InChI=1S/C10H10N4O/c15-4-7-1-6(7)2-9-11-3-8-10(14-9)13-5-12-8/h2-3,5,7,15H,1,4H2,(H,11,12,13,14)/b6-2+. The quantitative estimate of drug-likeness (QED) is 0.753. The highest BCUT2D eigenvalue weighted by Crippen LogP contribution is 2.37. The Labute approximate surface area is 85.9 Å². The van der Waals surface area contributed by atoms with Crippen molar-refractivity contribution in [2.75, 3.05) is 6.61 Å². The predicted molar refractivity (Wildman–Crippen MR) is 54.9 cm³/mol. The summed E-state index contributed by atoms with van der Waals surface area (Å²) in [6.45, 7) is 0.220. The highest BCUT2D eigenvalue weighted by Gasteiger charge is 2.28. The molecule has 2 aromatic heterocycles. The molecule has 1 fully saturated rings. The maximum Gasteiger partial charge on any atom is 0.161 e. The van der Waals surface area contributed by atoms with Gasteiger partial charge in [0, 0.05) is 12.5 Å². The topological polar surface area (TPSA) is 74.7 Å². The number of imidazole rings is 1. The number of rotatable bonds is 2. The molecule has 5 nitrogen and oxygen atoms in total. The second-order valence-corrected chi connectivity index (χ2v) is 3.67. The van der Waals surface area contributed by atoms with Crippen LogP contribution in [0.4, 0.5) is 0 Å². The lowest BCUT2D eigenvalue weighted by Gasteiger charge is -1.91. The summed E-state index contributed by atoms with van der Waals surface area (Å²) in [6.07, 6.45) is 6.19. The summed E-state index contributed by atoms with van der Waals surface area (Å²) in [5.41, 5.74) is 2.74. The average Bonchev–Trinajstić information content (AvgIpc) is 2.84. The van der Waals surface area contributed by atoms with Crippen molar-refractivity contribution in [3.05, 3.63) is 23.9 Å². The van der Waals surface area contributed by atoms with Gasteiger partial charge in [0.1, 0.15) is 5.52 Å². The third-order valence-corrected chi connectivity index (χ3v) is 2.57. The molecule has 0 aromatic carbocycles. The first kappa shape index (κ1) is 8.55. The van der Waals surface area contributed by atoms with E-state index >= 15 is 0 Å². The van der Waals surface area contributed by atoms with E-state index in [9.17, 15) is 0 Å². The van der Waals surface area contributed by atoms with E-state index in [1.807, 2.05) is 6.08 Å². The van der Waals surface area contributed by atoms with Crippen LogP contribution >= 0.6 is 0 Å². The number of aliphatic hydroxyl groups is 1. The molecule has 1 saturated carbocycles. The number of nitrogens with zero attached hydrogens (tertiary/aromatic N) is 3. The van der Waals surface area contributed by atoms with Crippen LogP contribution in [0.25, 0.3) is 17.2 Å². The van der Waals surface area contributed by atoms with Crippen molar-refractivity contribution < 1.29 is 5.11 Å². The molecule has 2 aromatic rings. The largest absolute Gasteiger partial charge is 0.396 e. The number of hydrogen-bond acceptors (Lipinski definition) is 4. The van der Waals surface area contributed by atoms with Gasteiger partial charge in [-0.3, -0.25) is 0 Å². The minimum absolute atomic E-state index is 0.220. The van der Waals surface area contributed by atoms with Crippen molar-refractivity contribution in [1.82, 2.24) is 19.9 Å². The van der Waals surface area contributed by atoms with Crippen LogP contribution in [-0.2, 0) is 0 Å². The van der Waals surface area contributed by atoms with E-state index in [0.717, 1.165) is 17.6 Å². The van der Waals surface area contributed by atoms with E-state index in [-0.39, 0.29) is 6.61 Å². The third kappa shape index (κ3) is 1.50. The number of hydrogen-bond donors (Lipinski definition) is 2. The molecule has 76 valence electrons. The summed E-state index contributed by atoms with van der Waals surface area (Å²) in [4.78, 5) is 15.5. The molecule has 0 bridgehead atoms. The van der Waals surface area contributed by atoms with Gasteiger partial charge in [0.15, 0.2) is 11.5 Å². The molecule has 0 amide bonds. The van der Waals surface area contributed by atoms with E-state index in [1.54, 1.807) is 12.5 Å². The molecule has 1 aliphatic rings. The lowest BCUT2D eigenvalue weighted by molar-refractivity contribution is 0.281. The average molecular weight is 202 g/mol. The van der Waals surface area contributed by atoms with E-state index < -0.39 is 0 Å². The molecule has 0 aliphatic heterocycles. The highest BCUT2D eigenvalue weighted by atomic mass is 16.3. The summed E-state index contributed by atoms with van der Waals surface area (Å²) in [6, 6.07) is 0. The van der Waals surface area contributed by atoms with Crippen LogP contribution in [0.15, 0.2) is 18.1 Å². The fraction of sp³-hybridized carbons (Fsp3) is 0.300. The van der Waals surface area contributed by atoms with Crippen LogP contribution in [0.3, 0.4) is 0 Å². The van der Waals surface area contributed by atoms with Crippen LogP contribution < -0.4 is 0 Å². The number of aromatic nitrogens is 4. The molecule has 0 spiro atoms. The van der Waals surface area contributed by atoms with Gasteiger partial charge in [0.05, 0.1) is 12.5 Å². The highest BCUT2D eigenvalue weighted by molar-refractivity contribution is 5.69. The van der Waals surface area contributed by atoms with Crippen LogP contribution in [0, 0.1) is 5.92 Å². The van der Waals surface area contributed by atoms with Gasteiger partial charge in [0.2, 0.25) is 0 Å². The lowest BCUT2D eigenvalue weighted by atomic mass is 10.4. The van der Waals surface area contributed by atoms with Crippen molar-refractivity contribution in [2.45, 2.75) is 6.42 Å². The predicted octanol–water partition coefficient (Wildman–Crippen LogP) is 0.748.